The molecule has 0 saturated carbocycles. The molecule has 0 amide bonds. The number of nitrogen functional groups attached to an aromatic ring is 1. The third-order valence-corrected chi connectivity index (χ3v) is 4.82. The highest BCUT2D eigenvalue weighted by Crippen LogP contribution is 2.35. The molecule has 0 unspecified atom stereocenters. The Morgan fingerprint density at radius 3 is 2.46 bits per heavy atom. The lowest BCUT2D eigenvalue weighted by atomic mass is 9.96. The highest BCUT2D eigenvalue weighted by molar-refractivity contribution is 5.91. The quantitative estimate of drug-likeness (QED) is 0.555. The van der Waals surface area contributed by atoms with Gasteiger partial charge < -0.3 is 5.73 Å². The van der Waals surface area contributed by atoms with Gasteiger partial charge in [0.05, 0.1) is 11.2 Å². The number of aryl methyl sites for hydroxylation is 1. The van der Waals surface area contributed by atoms with E-state index in [4.69, 9.17) is 5.73 Å². The molecule has 0 aliphatic heterocycles. The number of benzene rings is 2. The lowest BCUT2D eigenvalue weighted by molar-refractivity contribution is 0.628. The van der Waals surface area contributed by atoms with Gasteiger partial charge in [-0.05, 0) is 41.8 Å². The van der Waals surface area contributed by atoms with Crippen molar-refractivity contribution in [2.45, 2.75) is 6.92 Å². The molecule has 4 aromatic rings. The molecule has 28 heavy (non-hydrogen) atoms. The molecule has 4 rings (SSSR count). The van der Waals surface area contributed by atoms with E-state index < -0.39 is 0 Å². The molecule has 4 nitrogen and oxygen atoms in total. The summed E-state index contributed by atoms with van der Waals surface area (Å²) in [4.78, 5) is 0. The molecule has 2 N–H and O–H groups in total. The lowest BCUT2D eigenvalue weighted by Crippen LogP contribution is -2.04. The maximum Gasteiger partial charge on any atom is 0.144 e. The Morgan fingerprint density at radius 2 is 1.82 bits per heavy atom. The fourth-order valence-corrected chi connectivity index (χ4v) is 3.45. The van der Waals surface area contributed by atoms with Crippen LogP contribution in [0.3, 0.4) is 0 Å². The number of hydrogen-bond acceptors (Lipinski definition) is 3. The van der Waals surface area contributed by atoms with Gasteiger partial charge in [0, 0.05) is 11.1 Å². The molecule has 0 aliphatic carbocycles. The molecule has 2 aromatic heterocycles. The van der Waals surface area contributed by atoms with Crippen molar-refractivity contribution in [3.63, 3.8) is 0 Å². The maximum atomic E-state index is 13.4. The van der Waals surface area contributed by atoms with Gasteiger partial charge in [0.25, 0.3) is 0 Å². The van der Waals surface area contributed by atoms with Crippen LogP contribution < -0.4 is 5.73 Å². The van der Waals surface area contributed by atoms with Crippen LogP contribution in [0, 0.1) is 24.1 Å². The van der Waals surface area contributed by atoms with Crippen molar-refractivity contribution in [1.82, 2.24) is 9.61 Å². The number of rotatable bonds is 3. The number of nitrogens with two attached hydrogens (primary N) is 1. The molecule has 0 spiro atoms. The van der Waals surface area contributed by atoms with Gasteiger partial charge >= 0.3 is 0 Å². The number of anilines is 1. The van der Waals surface area contributed by atoms with Crippen LogP contribution >= 0.6 is 0 Å². The topological polar surface area (TPSA) is 67.1 Å². The molecule has 2 heterocycles. The first-order chi connectivity index (χ1) is 13.5. The van der Waals surface area contributed by atoms with Gasteiger partial charge in [0.15, 0.2) is 0 Å². The van der Waals surface area contributed by atoms with Crippen molar-refractivity contribution in [1.29, 1.82) is 5.26 Å². The maximum absolute atomic E-state index is 13.4. The Labute approximate surface area is 162 Å². The van der Waals surface area contributed by atoms with E-state index in [1.807, 2.05) is 43.3 Å². The Balaban J connectivity index is 2.01. The number of aromatic nitrogens is 2. The lowest BCUT2D eigenvalue weighted by Gasteiger charge is -2.11. The summed E-state index contributed by atoms with van der Waals surface area (Å²) in [5.74, 6) is -0.0933. The van der Waals surface area contributed by atoms with E-state index >= 15 is 0 Å². The van der Waals surface area contributed by atoms with Crippen molar-refractivity contribution in [3.8, 4) is 17.2 Å². The minimum atomic E-state index is -0.338. The van der Waals surface area contributed by atoms with Crippen LogP contribution in [0.2, 0.25) is 0 Å². The first-order valence-corrected chi connectivity index (χ1v) is 8.74. The minimum Gasteiger partial charge on any atom is -0.383 e. The number of pyridine rings is 1. The van der Waals surface area contributed by atoms with Gasteiger partial charge in [0.1, 0.15) is 23.3 Å². The molecule has 0 fully saturated rings. The van der Waals surface area contributed by atoms with Crippen molar-refractivity contribution in [2.24, 2.45) is 0 Å². The minimum absolute atomic E-state index is 0.245. The van der Waals surface area contributed by atoms with Crippen LogP contribution in [-0.2, 0) is 0 Å². The van der Waals surface area contributed by atoms with E-state index in [0.29, 0.717) is 16.7 Å². The van der Waals surface area contributed by atoms with Crippen molar-refractivity contribution < 1.29 is 4.39 Å². The van der Waals surface area contributed by atoms with Crippen molar-refractivity contribution in [2.75, 3.05) is 5.73 Å². The monoisotopic (exact) mass is 368 g/mol. The van der Waals surface area contributed by atoms with Gasteiger partial charge in [0.2, 0.25) is 0 Å². The van der Waals surface area contributed by atoms with Gasteiger partial charge in [-0.25, -0.2) is 8.91 Å². The normalized spacial score (nSPS) is 10.8. The average molecular weight is 368 g/mol. The van der Waals surface area contributed by atoms with Crippen LogP contribution in [0.4, 0.5) is 10.2 Å². The van der Waals surface area contributed by atoms with E-state index in [2.05, 4.69) is 17.7 Å². The summed E-state index contributed by atoms with van der Waals surface area (Å²) in [6, 6.07) is 19.8. The molecule has 2 aromatic carbocycles. The summed E-state index contributed by atoms with van der Waals surface area (Å²) in [5, 5.41) is 14.2. The molecule has 0 radical (unpaired) electrons. The Morgan fingerprint density at radius 1 is 1.14 bits per heavy atom. The Bertz CT molecular complexity index is 1250. The highest BCUT2D eigenvalue weighted by atomic mass is 19.1. The van der Waals surface area contributed by atoms with Crippen molar-refractivity contribution >= 4 is 16.9 Å². The number of fused-ring (bicyclic) bond motifs is 1. The van der Waals surface area contributed by atoms with Crippen LogP contribution in [-0.4, -0.2) is 9.61 Å². The molecular formula is C23H17FN4. The zero-order valence-corrected chi connectivity index (χ0v) is 15.3. The number of nitrogens with zero attached hydrogens (tertiary/aromatic N) is 3. The zero-order chi connectivity index (χ0) is 19.8. The van der Waals surface area contributed by atoms with Gasteiger partial charge in [-0.3, -0.25) is 0 Å². The second-order valence-corrected chi connectivity index (χ2v) is 6.54. The Hall–Kier alpha value is -3.91. The fourth-order valence-electron chi connectivity index (χ4n) is 3.45. The average Bonchev–Trinajstić information content (AvgIpc) is 3.05. The third kappa shape index (κ3) is 2.72. The largest absolute Gasteiger partial charge is 0.383 e. The van der Waals surface area contributed by atoms with Crippen LogP contribution in [0.1, 0.15) is 22.4 Å². The summed E-state index contributed by atoms with van der Waals surface area (Å²) in [6.07, 6.45) is 0. The third-order valence-electron chi connectivity index (χ3n) is 4.82. The molecular weight excluding hydrogens is 351 g/mol. The summed E-state index contributed by atoms with van der Waals surface area (Å²) in [7, 11) is 0. The number of nitriles is 1. The first-order valence-electron chi connectivity index (χ1n) is 8.74. The van der Waals surface area contributed by atoms with Gasteiger partial charge in [-0.1, -0.05) is 49.0 Å². The standard InChI is InChI=1S/C23H17FN4/c1-14(16-6-4-3-5-7-16)22-15(2)27-28-21(22)12-19(20(13-25)23(28)26)17-8-10-18(24)11-9-17/h3-12H,1,26H2,2H3. The number of halogens is 1. The van der Waals surface area contributed by atoms with E-state index in [9.17, 15) is 9.65 Å². The molecule has 5 heteroatoms. The summed E-state index contributed by atoms with van der Waals surface area (Å²) in [6.45, 7) is 6.14. The van der Waals surface area contributed by atoms with Gasteiger partial charge in [-0.15, -0.1) is 0 Å². The molecule has 0 atom stereocenters. The second-order valence-electron chi connectivity index (χ2n) is 6.54. The summed E-state index contributed by atoms with van der Waals surface area (Å²) < 4.78 is 14.9. The molecule has 136 valence electrons. The summed E-state index contributed by atoms with van der Waals surface area (Å²) >= 11 is 0. The second kappa shape index (κ2) is 6.67. The van der Waals surface area contributed by atoms with E-state index in [0.717, 1.165) is 27.9 Å². The molecule has 0 bridgehead atoms. The van der Waals surface area contributed by atoms with Crippen LogP contribution in [0.5, 0.6) is 0 Å². The fraction of sp³-hybridized carbons (Fsp3) is 0.0435. The number of hydrogen-bond donors (Lipinski definition) is 1. The van der Waals surface area contributed by atoms with Crippen LogP contribution in [0.25, 0.3) is 22.2 Å². The Kier molecular flexibility index (Phi) is 4.17. The smallest absolute Gasteiger partial charge is 0.144 e. The molecule has 0 aliphatic rings. The zero-order valence-electron chi connectivity index (χ0n) is 15.3. The van der Waals surface area contributed by atoms with E-state index in [1.54, 1.807) is 16.6 Å². The van der Waals surface area contributed by atoms with Gasteiger partial charge in [-0.2, -0.15) is 10.4 Å². The van der Waals surface area contributed by atoms with E-state index in [-0.39, 0.29) is 11.6 Å². The summed E-state index contributed by atoms with van der Waals surface area (Å²) in [5.41, 5.74) is 12.1. The predicted octanol–water partition coefficient (Wildman–Crippen LogP) is 4.96. The predicted molar refractivity (Wildman–Crippen MR) is 109 cm³/mol. The van der Waals surface area contributed by atoms with Crippen LogP contribution in [0.15, 0.2) is 67.2 Å². The molecule has 0 saturated heterocycles. The first kappa shape index (κ1) is 17.5. The SMILES string of the molecule is C=C(c1ccccc1)c1c(C)nn2c(N)c(C#N)c(-c3ccc(F)cc3)cc12. The van der Waals surface area contributed by atoms with E-state index in [1.165, 1.54) is 12.1 Å². The highest BCUT2D eigenvalue weighted by Gasteiger charge is 2.20. The van der Waals surface area contributed by atoms with Crippen molar-refractivity contribution in [3.05, 3.63) is 95.4 Å².